The summed E-state index contributed by atoms with van der Waals surface area (Å²) in [6.45, 7) is 3.74. The van der Waals surface area contributed by atoms with E-state index in [-0.39, 0.29) is 17.9 Å². The zero-order valence-electron chi connectivity index (χ0n) is 13.5. The smallest absolute Gasteiger partial charge is 0.270 e. The molecular formula is C17H19N3O4. The van der Waals surface area contributed by atoms with Crippen LogP contribution >= 0.6 is 0 Å². The molecule has 4 rings (SSSR count). The minimum Gasteiger partial charge on any atom is -0.486 e. The highest BCUT2D eigenvalue weighted by Gasteiger charge is 2.32. The normalized spacial score (nSPS) is 22.4. The highest BCUT2D eigenvalue weighted by Crippen LogP contribution is 2.39. The molecule has 0 saturated carbocycles. The number of ether oxygens (including phenoxy) is 2. The fraction of sp³-hybridized carbons (Fsp3) is 0.471. The van der Waals surface area contributed by atoms with Crippen molar-refractivity contribution < 1.29 is 19.1 Å². The second-order valence-corrected chi connectivity index (χ2v) is 6.21. The Labute approximate surface area is 139 Å². The van der Waals surface area contributed by atoms with Gasteiger partial charge < -0.3 is 14.4 Å². The molecule has 1 unspecified atom stereocenters. The van der Waals surface area contributed by atoms with Gasteiger partial charge in [0.15, 0.2) is 11.5 Å². The van der Waals surface area contributed by atoms with E-state index in [1.165, 1.54) is 5.56 Å². The zero-order chi connectivity index (χ0) is 16.7. The van der Waals surface area contributed by atoms with E-state index >= 15 is 0 Å². The summed E-state index contributed by atoms with van der Waals surface area (Å²) in [5, 5.41) is 3.93. The molecule has 0 saturated heterocycles. The molecule has 1 aromatic rings. The molecule has 3 aliphatic heterocycles. The minimum atomic E-state index is -0.146. The Kier molecular flexibility index (Phi) is 3.63. The van der Waals surface area contributed by atoms with Crippen LogP contribution < -0.4 is 14.9 Å². The molecule has 0 radical (unpaired) electrons. The second kappa shape index (κ2) is 5.81. The molecule has 0 aromatic heterocycles. The summed E-state index contributed by atoms with van der Waals surface area (Å²) in [7, 11) is 0. The molecule has 3 heterocycles. The van der Waals surface area contributed by atoms with Crippen LogP contribution in [0.2, 0.25) is 0 Å². The van der Waals surface area contributed by atoms with Crippen LogP contribution in [0.3, 0.4) is 0 Å². The number of nitrogens with one attached hydrogen (secondary N) is 1. The average molecular weight is 329 g/mol. The molecule has 0 bridgehead atoms. The number of benzene rings is 1. The van der Waals surface area contributed by atoms with E-state index in [4.69, 9.17) is 9.47 Å². The van der Waals surface area contributed by atoms with Gasteiger partial charge in [0, 0.05) is 19.4 Å². The van der Waals surface area contributed by atoms with Crippen molar-refractivity contribution in [2.45, 2.75) is 32.2 Å². The number of hydrogen-bond acceptors (Lipinski definition) is 5. The monoisotopic (exact) mass is 329 g/mol. The molecule has 0 spiro atoms. The first-order valence-electron chi connectivity index (χ1n) is 8.22. The summed E-state index contributed by atoms with van der Waals surface area (Å²) in [6, 6.07) is 3.94. The van der Waals surface area contributed by atoms with Crippen LogP contribution in [0.5, 0.6) is 11.5 Å². The lowest BCUT2D eigenvalue weighted by Crippen LogP contribution is -2.44. The quantitative estimate of drug-likeness (QED) is 0.839. The maximum absolute atomic E-state index is 12.8. The number of fused-ring (bicyclic) bond motifs is 2. The number of nitrogens with zero attached hydrogens (tertiary/aromatic N) is 2. The molecule has 1 N–H and O–H groups in total. The molecular weight excluding hydrogens is 310 g/mol. The van der Waals surface area contributed by atoms with Crippen molar-refractivity contribution in [3.63, 3.8) is 0 Å². The van der Waals surface area contributed by atoms with Gasteiger partial charge in [-0.2, -0.15) is 5.10 Å². The topological polar surface area (TPSA) is 80.2 Å². The summed E-state index contributed by atoms with van der Waals surface area (Å²) in [6.07, 6.45) is 1.46. The van der Waals surface area contributed by atoms with E-state index in [0.29, 0.717) is 38.3 Å². The number of hydrogen-bond donors (Lipinski definition) is 1. The number of hydrazone groups is 1. The molecule has 1 aromatic carbocycles. The zero-order valence-corrected chi connectivity index (χ0v) is 13.5. The van der Waals surface area contributed by atoms with Crippen LogP contribution in [0.4, 0.5) is 0 Å². The van der Waals surface area contributed by atoms with Gasteiger partial charge in [-0.05, 0) is 36.6 Å². The SMILES string of the molecule is CC1c2cc3c(cc2CCN1C(=O)C1=NNC(=O)CC1)OCCO3. The number of carbonyl (C=O) groups excluding carboxylic acids is 2. The lowest BCUT2D eigenvalue weighted by Gasteiger charge is -2.36. The minimum absolute atomic E-state index is 0.0718. The highest BCUT2D eigenvalue weighted by molar-refractivity contribution is 6.39. The van der Waals surface area contributed by atoms with E-state index in [1.54, 1.807) is 0 Å². The molecule has 1 atom stereocenters. The van der Waals surface area contributed by atoms with Crippen molar-refractivity contribution in [2.24, 2.45) is 5.10 Å². The first-order chi connectivity index (χ1) is 11.6. The predicted octanol–water partition coefficient (Wildman–Crippen LogP) is 1.17. The van der Waals surface area contributed by atoms with Gasteiger partial charge in [-0.1, -0.05) is 0 Å². The largest absolute Gasteiger partial charge is 0.486 e. The number of rotatable bonds is 1. The Bertz CT molecular complexity index is 744. The summed E-state index contributed by atoms with van der Waals surface area (Å²) in [4.78, 5) is 25.8. The van der Waals surface area contributed by atoms with Gasteiger partial charge in [0.1, 0.15) is 18.9 Å². The Morgan fingerprint density at radius 1 is 1.21 bits per heavy atom. The Morgan fingerprint density at radius 3 is 2.67 bits per heavy atom. The first kappa shape index (κ1) is 15.0. The fourth-order valence-electron chi connectivity index (χ4n) is 3.43. The molecule has 0 fully saturated rings. The molecule has 0 aliphatic carbocycles. The second-order valence-electron chi connectivity index (χ2n) is 6.21. The standard InChI is InChI=1S/C17H19N3O4/c1-10-12-9-15-14(23-6-7-24-15)8-11(12)4-5-20(10)17(22)13-2-3-16(21)19-18-13/h8-10H,2-7H2,1H3,(H,19,21). The van der Waals surface area contributed by atoms with E-state index in [0.717, 1.165) is 23.5 Å². The van der Waals surface area contributed by atoms with E-state index in [1.807, 2.05) is 24.0 Å². The van der Waals surface area contributed by atoms with Gasteiger partial charge in [0.25, 0.3) is 5.91 Å². The van der Waals surface area contributed by atoms with Crippen LogP contribution in [0.1, 0.15) is 36.9 Å². The Morgan fingerprint density at radius 2 is 1.96 bits per heavy atom. The van der Waals surface area contributed by atoms with Gasteiger partial charge in [-0.3, -0.25) is 9.59 Å². The van der Waals surface area contributed by atoms with Gasteiger partial charge in [-0.25, -0.2) is 5.43 Å². The van der Waals surface area contributed by atoms with Crippen molar-refractivity contribution >= 4 is 17.5 Å². The van der Waals surface area contributed by atoms with Crippen molar-refractivity contribution in [1.82, 2.24) is 10.3 Å². The Balaban J connectivity index is 1.60. The molecule has 7 heteroatoms. The lowest BCUT2D eigenvalue weighted by atomic mass is 9.92. The van der Waals surface area contributed by atoms with Crippen molar-refractivity contribution in [3.8, 4) is 11.5 Å². The summed E-state index contributed by atoms with van der Waals surface area (Å²) in [5.74, 6) is 1.27. The van der Waals surface area contributed by atoms with Gasteiger partial charge in [0.05, 0.1) is 6.04 Å². The highest BCUT2D eigenvalue weighted by atomic mass is 16.6. The summed E-state index contributed by atoms with van der Waals surface area (Å²) < 4.78 is 11.3. The van der Waals surface area contributed by atoms with E-state index < -0.39 is 0 Å². The van der Waals surface area contributed by atoms with Gasteiger partial charge in [-0.15, -0.1) is 0 Å². The molecule has 7 nitrogen and oxygen atoms in total. The average Bonchev–Trinajstić information content (AvgIpc) is 2.61. The third-order valence-electron chi connectivity index (χ3n) is 4.76. The van der Waals surface area contributed by atoms with Gasteiger partial charge >= 0.3 is 0 Å². The maximum atomic E-state index is 12.8. The molecule has 126 valence electrons. The predicted molar refractivity (Wildman–Crippen MR) is 86.1 cm³/mol. The van der Waals surface area contributed by atoms with Crippen LogP contribution in [0.15, 0.2) is 17.2 Å². The van der Waals surface area contributed by atoms with Crippen molar-refractivity contribution in [3.05, 3.63) is 23.3 Å². The molecule has 3 aliphatic rings. The van der Waals surface area contributed by atoms with E-state index in [9.17, 15) is 9.59 Å². The number of carbonyl (C=O) groups is 2. The van der Waals surface area contributed by atoms with Crippen molar-refractivity contribution in [1.29, 1.82) is 0 Å². The molecule has 24 heavy (non-hydrogen) atoms. The van der Waals surface area contributed by atoms with Crippen molar-refractivity contribution in [2.75, 3.05) is 19.8 Å². The maximum Gasteiger partial charge on any atom is 0.270 e. The Hall–Kier alpha value is -2.57. The summed E-state index contributed by atoms with van der Waals surface area (Å²) >= 11 is 0. The van der Waals surface area contributed by atoms with Crippen LogP contribution in [-0.4, -0.2) is 42.2 Å². The first-order valence-corrected chi connectivity index (χ1v) is 8.22. The fourth-order valence-corrected chi connectivity index (χ4v) is 3.43. The van der Waals surface area contributed by atoms with Gasteiger partial charge in [0.2, 0.25) is 5.91 Å². The van der Waals surface area contributed by atoms with E-state index in [2.05, 4.69) is 10.5 Å². The lowest BCUT2D eigenvalue weighted by molar-refractivity contribution is -0.126. The third kappa shape index (κ3) is 2.50. The van der Waals surface area contributed by atoms with Crippen LogP contribution in [-0.2, 0) is 16.0 Å². The van der Waals surface area contributed by atoms with Crippen LogP contribution in [0, 0.1) is 0 Å². The number of amides is 2. The third-order valence-corrected chi connectivity index (χ3v) is 4.76. The summed E-state index contributed by atoms with van der Waals surface area (Å²) in [5.41, 5.74) is 5.08. The molecule has 2 amide bonds. The van der Waals surface area contributed by atoms with Crippen LogP contribution in [0.25, 0.3) is 0 Å².